The standard InChI is InChI=1S/C11H11NO6/c1-2-18-11(15)9-4-3-8(12(16)17)5-7(9)6-10(13)14/h3-5H,2,6H2,1H3,(H,13,14). The monoisotopic (exact) mass is 253 g/mol. The number of hydrogen-bond acceptors (Lipinski definition) is 5. The molecular formula is C11H11NO6. The highest BCUT2D eigenvalue weighted by Gasteiger charge is 2.18. The van der Waals surface area contributed by atoms with E-state index < -0.39 is 23.3 Å². The summed E-state index contributed by atoms with van der Waals surface area (Å²) in [5.41, 5.74) is -0.167. The largest absolute Gasteiger partial charge is 0.481 e. The van der Waals surface area contributed by atoms with E-state index in [9.17, 15) is 19.7 Å². The van der Waals surface area contributed by atoms with Crippen molar-refractivity contribution in [3.05, 3.63) is 39.4 Å². The van der Waals surface area contributed by atoms with E-state index in [1.807, 2.05) is 0 Å². The van der Waals surface area contributed by atoms with Crippen LogP contribution in [0, 0.1) is 10.1 Å². The van der Waals surface area contributed by atoms with Crippen LogP contribution in [0.25, 0.3) is 0 Å². The maximum Gasteiger partial charge on any atom is 0.338 e. The lowest BCUT2D eigenvalue weighted by Crippen LogP contribution is -2.11. The Morgan fingerprint density at radius 1 is 1.44 bits per heavy atom. The number of non-ortho nitro benzene ring substituents is 1. The highest BCUT2D eigenvalue weighted by molar-refractivity contribution is 5.92. The minimum atomic E-state index is -1.18. The van der Waals surface area contributed by atoms with Crippen LogP contribution in [-0.4, -0.2) is 28.6 Å². The molecule has 0 aliphatic rings. The number of aliphatic carboxylic acids is 1. The first-order valence-corrected chi connectivity index (χ1v) is 5.12. The molecule has 0 amide bonds. The Kier molecular flexibility index (Phi) is 4.36. The van der Waals surface area contributed by atoms with Gasteiger partial charge in [0.15, 0.2) is 0 Å². The fourth-order valence-electron chi connectivity index (χ4n) is 1.41. The van der Waals surface area contributed by atoms with E-state index in [1.165, 1.54) is 6.07 Å². The van der Waals surface area contributed by atoms with Crippen LogP contribution >= 0.6 is 0 Å². The first-order valence-electron chi connectivity index (χ1n) is 5.12. The summed E-state index contributed by atoms with van der Waals surface area (Å²) in [4.78, 5) is 32.1. The van der Waals surface area contributed by atoms with Crippen LogP contribution in [0.15, 0.2) is 18.2 Å². The number of carboxylic acid groups (broad SMARTS) is 1. The van der Waals surface area contributed by atoms with Gasteiger partial charge in [-0.25, -0.2) is 4.79 Å². The highest BCUT2D eigenvalue weighted by atomic mass is 16.6. The minimum absolute atomic E-state index is 0.0323. The van der Waals surface area contributed by atoms with Crippen molar-refractivity contribution in [1.82, 2.24) is 0 Å². The molecular weight excluding hydrogens is 242 g/mol. The summed E-state index contributed by atoms with van der Waals surface area (Å²) in [6.45, 7) is 1.75. The van der Waals surface area contributed by atoms with E-state index >= 15 is 0 Å². The molecule has 0 bridgehead atoms. The normalized spacial score (nSPS) is 9.83. The summed E-state index contributed by atoms with van der Waals surface area (Å²) in [6, 6.07) is 3.41. The number of hydrogen-bond donors (Lipinski definition) is 1. The Balaban J connectivity index is 3.19. The molecule has 18 heavy (non-hydrogen) atoms. The topological polar surface area (TPSA) is 107 Å². The van der Waals surface area contributed by atoms with Gasteiger partial charge in [0.25, 0.3) is 5.69 Å². The molecule has 1 N–H and O–H groups in total. The van der Waals surface area contributed by atoms with Gasteiger partial charge in [-0.2, -0.15) is 0 Å². The predicted octanol–water partition coefficient (Wildman–Crippen LogP) is 1.40. The molecule has 0 aliphatic carbocycles. The van der Waals surface area contributed by atoms with Gasteiger partial charge in [-0.05, 0) is 18.6 Å². The van der Waals surface area contributed by atoms with Crippen molar-refractivity contribution in [3.8, 4) is 0 Å². The second-order valence-electron chi connectivity index (χ2n) is 3.39. The first-order chi connectivity index (χ1) is 8.45. The number of esters is 1. The summed E-state index contributed by atoms with van der Waals surface area (Å²) in [5.74, 6) is -1.87. The number of nitrogens with zero attached hydrogens (tertiary/aromatic N) is 1. The van der Waals surface area contributed by atoms with Crippen LogP contribution in [0.3, 0.4) is 0 Å². The lowest BCUT2D eigenvalue weighted by Gasteiger charge is -2.06. The zero-order valence-electron chi connectivity index (χ0n) is 9.58. The molecule has 96 valence electrons. The lowest BCUT2D eigenvalue weighted by molar-refractivity contribution is -0.384. The molecule has 0 saturated carbocycles. The molecule has 0 unspecified atom stereocenters. The maximum atomic E-state index is 11.5. The smallest absolute Gasteiger partial charge is 0.338 e. The Morgan fingerprint density at radius 2 is 2.11 bits per heavy atom. The number of nitro benzene ring substituents is 1. The molecule has 1 rings (SSSR count). The van der Waals surface area contributed by atoms with Gasteiger partial charge in [-0.1, -0.05) is 0 Å². The molecule has 0 fully saturated rings. The Labute approximate surface area is 102 Å². The molecule has 0 atom stereocenters. The molecule has 7 nitrogen and oxygen atoms in total. The third kappa shape index (κ3) is 3.27. The van der Waals surface area contributed by atoms with Crippen LogP contribution in [0.4, 0.5) is 5.69 Å². The minimum Gasteiger partial charge on any atom is -0.481 e. The molecule has 0 radical (unpaired) electrons. The third-order valence-electron chi connectivity index (χ3n) is 2.14. The van der Waals surface area contributed by atoms with E-state index in [0.717, 1.165) is 12.1 Å². The predicted molar refractivity (Wildman–Crippen MR) is 60.4 cm³/mol. The van der Waals surface area contributed by atoms with Crippen molar-refractivity contribution >= 4 is 17.6 Å². The van der Waals surface area contributed by atoms with Gasteiger partial charge in [-0.15, -0.1) is 0 Å². The summed E-state index contributed by atoms with van der Waals surface area (Å²) in [6.07, 6.45) is -0.476. The van der Waals surface area contributed by atoms with Crippen LogP contribution in [-0.2, 0) is 16.0 Å². The Morgan fingerprint density at radius 3 is 2.61 bits per heavy atom. The second-order valence-corrected chi connectivity index (χ2v) is 3.39. The third-order valence-corrected chi connectivity index (χ3v) is 2.14. The fourth-order valence-corrected chi connectivity index (χ4v) is 1.41. The molecule has 0 aromatic heterocycles. The van der Waals surface area contributed by atoms with E-state index in [0.29, 0.717) is 0 Å². The van der Waals surface area contributed by atoms with Gasteiger partial charge in [0.1, 0.15) is 0 Å². The molecule has 0 saturated heterocycles. The zero-order valence-corrected chi connectivity index (χ0v) is 9.58. The summed E-state index contributed by atoms with van der Waals surface area (Å²) in [7, 11) is 0. The average molecular weight is 253 g/mol. The summed E-state index contributed by atoms with van der Waals surface area (Å²) >= 11 is 0. The van der Waals surface area contributed by atoms with Crippen molar-refractivity contribution in [2.24, 2.45) is 0 Å². The van der Waals surface area contributed by atoms with Gasteiger partial charge in [0.2, 0.25) is 0 Å². The summed E-state index contributed by atoms with van der Waals surface area (Å²) < 4.78 is 4.75. The number of rotatable bonds is 5. The second kappa shape index (κ2) is 5.76. The lowest BCUT2D eigenvalue weighted by atomic mass is 10.0. The van der Waals surface area contributed by atoms with Crippen molar-refractivity contribution < 1.29 is 24.4 Å². The van der Waals surface area contributed by atoms with Crippen molar-refractivity contribution in [2.75, 3.05) is 6.61 Å². The average Bonchev–Trinajstić information content (AvgIpc) is 2.28. The van der Waals surface area contributed by atoms with E-state index in [-0.39, 0.29) is 23.4 Å². The van der Waals surface area contributed by atoms with Gasteiger partial charge in [-0.3, -0.25) is 14.9 Å². The molecule has 1 aromatic rings. The highest BCUT2D eigenvalue weighted by Crippen LogP contribution is 2.19. The first kappa shape index (κ1) is 13.6. The maximum absolute atomic E-state index is 11.5. The number of carbonyl (C=O) groups is 2. The molecule has 7 heteroatoms. The van der Waals surface area contributed by atoms with Crippen LogP contribution < -0.4 is 0 Å². The molecule has 0 spiro atoms. The van der Waals surface area contributed by atoms with Crippen molar-refractivity contribution in [1.29, 1.82) is 0 Å². The molecule has 0 heterocycles. The number of benzene rings is 1. The van der Waals surface area contributed by atoms with Crippen molar-refractivity contribution in [2.45, 2.75) is 13.3 Å². The fraction of sp³-hybridized carbons (Fsp3) is 0.273. The van der Waals surface area contributed by atoms with Gasteiger partial charge >= 0.3 is 11.9 Å². The quantitative estimate of drug-likeness (QED) is 0.482. The zero-order chi connectivity index (χ0) is 13.7. The van der Waals surface area contributed by atoms with E-state index in [4.69, 9.17) is 9.84 Å². The van der Waals surface area contributed by atoms with Gasteiger partial charge in [0, 0.05) is 12.1 Å². The van der Waals surface area contributed by atoms with Crippen LogP contribution in [0.5, 0.6) is 0 Å². The van der Waals surface area contributed by atoms with Crippen LogP contribution in [0.2, 0.25) is 0 Å². The van der Waals surface area contributed by atoms with Crippen molar-refractivity contribution in [3.63, 3.8) is 0 Å². The van der Waals surface area contributed by atoms with Gasteiger partial charge < -0.3 is 9.84 Å². The number of nitro groups is 1. The number of carbonyl (C=O) groups excluding carboxylic acids is 1. The Bertz CT molecular complexity index is 496. The summed E-state index contributed by atoms with van der Waals surface area (Å²) in [5, 5.41) is 19.3. The SMILES string of the molecule is CCOC(=O)c1ccc([N+](=O)[O-])cc1CC(=O)O. The van der Waals surface area contributed by atoms with E-state index in [2.05, 4.69) is 0 Å². The number of ether oxygens (including phenoxy) is 1. The van der Waals surface area contributed by atoms with Gasteiger partial charge in [0.05, 0.1) is 23.5 Å². The Hall–Kier alpha value is -2.44. The number of carboxylic acids is 1. The molecule has 0 aliphatic heterocycles. The van der Waals surface area contributed by atoms with Crippen LogP contribution in [0.1, 0.15) is 22.8 Å². The van der Waals surface area contributed by atoms with E-state index in [1.54, 1.807) is 6.92 Å². The molecule has 1 aromatic carbocycles.